The summed E-state index contributed by atoms with van der Waals surface area (Å²) in [4.78, 5) is 32.9. The molecule has 0 aliphatic carbocycles. The van der Waals surface area contributed by atoms with Crippen LogP contribution in [0.2, 0.25) is 0 Å². The second-order valence-corrected chi connectivity index (χ2v) is 7.48. The molecule has 2 amide bonds. The molecule has 138 valence electrons. The molecule has 1 aliphatic heterocycles. The van der Waals surface area contributed by atoms with Gasteiger partial charge in [0.05, 0.1) is 23.5 Å². The van der Waals surface area contributed by atoms with Gasteiger partial charge in [0, 0.05) is 29.4 Å². The maximum Gasteiger partial charge on any atom is 0.266 e. The van der Waals surface area contributed by atoms with Crippen LogP contribution in [0.15, 0.2) is 48.8 Å². The van der Waals surface area contributed by atoms with Crippen molar-refractivity contribution >= 4 is 29.0 Å². The van der Waals surface area contributed by atoms with Crippen LogP contribution in [0, 0.1) is 0 Å². The minimum Gasteiger partial charge on any atom is -0.335 e. The number of pyridine rings is 1. The third kappa shape index (κ3) is 3.90. The Morgan fingerprint density at radius 1 is 1.22 bits per heavy atom. The van der Waals surface area contributed by atoms with Gasteiger partial charge >= 0.3 is 0 Å². The number of anilines is 1. The molecule has 4 rings (SSSR count). The lowest BCUT2D eigenvalue weighted by atomic mass is 10.1. The van der Waals surface area contributed by atoms with E-state index in [0.717, 1.165) is 30.0 Å². The number of amides is 2. The Hall–Kier alpha value is -3.00. The van der Waals surface area contributed by atoms with Crippen molar-refractivity contribution < 1.29 is 9.59 Å². The number of nitrogens with one attached hydrogen (secondary N) is 2. The molecule has 7 nitrogen and oxygen atoms in total. The van der Waals surface area contributed by atoms with Crippen LogP contribution in [0.1, 0.15) is 39.1 Å². The van der Waals surface area contributed by atoms with Crippen molar-refractivity contribution in [2.75, 3.05) is 11.9 Å². The molecule has 0 spiro atoms. The Bertz CT molecular complexity index is 923. The molecule has 1 aliphatic rings. The highest BCUT2D eigenvalue weighted by molar-refractivity contribution is 7.14. The van der Waals surface area contributed by atoms with Gasteiger partial charge in [-0.15, -0.1) is 11.3 Å². The molecule has 0 saturated carbocycles. The topological polar surface area (TPSA) is 91.0 Å². The summed E-state index contributed by atoms with van der Waals surface area (Å²) in [7, 11) is 0. The lowest BCUT2D eigenvalue weighted by molar-refractivity contribution is -0.131. The Labute approximate surface area is 160 Å². The summed E-state index contributed by atoms with van der Waals surface area (Å²) in [6.07, 6.45) is 5.46. The summed E-state index contributed by atoms with van der Waals surface area (Å²) in [5.41, 5.74) is 0.777. The highest BCUT2D eigenvalue weighted by atomic mass is 32.1. The first-order chi connectivity index (χ1) is 13.2. The standard InChI is InChI=1S/C19H19N5O2S/c25-18(12-13-4-1-2-9-20-13)24-11-3-5-14(24)15-6-7-16(27-15)19(26)22-17-8-10-21-23-17/h1-2,4,6-10,14H,3,5,11-12H2,(H2,21,22,23,26)/t14-/m1/s1. The normalized spacial score (nSPS) is 16.4. The first-order valence-corrected chi connectivity index (χ1v) is 9.62. The predicted molar refractivity (Wildman–Crippen MR) is 102 cm³/mol. The quantitative estimate of drug-likeness (QED) is 0.711. The molecular formula is C19H19N5O2S. The Kier molecular flexibility index (Phi) is 4.97. The predicted octanol–water partition coefficient (Wildman–Crippen LogP) is 3.02. The summed E-state index contributed by atoms with van der Waals surface area (Å²) in [6, 6.07) is 11.1. The molecule has 1 atom stereocenters. The number of nitrogens with zero attached hydrogens (tertiary/aromatic N) is 3. The fraction of sp³-hybridized carbons (Fsp3) is 0.263. The largest absolute Gasteiger partial charge is 0.335 e. The third-order valence-electron chi connectivity index (χ3n) is 4.56. The number of aromatic amines is 1. The van der Waals surface area contributed by atoms with Crippen LogP contribution in [-0.4, -0.2) is 38.4 Å². The molecule has 0 radical (unpaired) electrons. The van der Waals surface area contributed by atoms with Crippen LogP contribution in [0.25, 0.3) is 0 Å². The van der Waals surface area contributed by atoms with E-state index in [1.54, 1.807) is 18.5 Å². The zero-order valence-electron chi connectivity index (χ0n) is 14.6. The van der Waals surface area contributed by atoms with Gasteiger partial charge < -0.3 is 10.2 Å². The Morgan fingerprint density at radius 2 is 2.15 bits per heavy atom. The molecule has 1 saturated heterocycles. The van der Waals surface area contributed by atoms with Crippen LogP contribution in [0.3, 0.4) is 0 Å². The number of rotatable bonds is 5. The summed E-state index contributed by atoms with van der Waals surface area (Å²) in [5, 5.41) is 9.30. The van der Waals surface area contributed by atoms with Gasteiger partial charge in [0.1, 0.15) is 5.82 Å². The van der Waals surface area contributed by atoms with E-state index in [0.29, 0.717) is 17.1 Å². The number of H-pyrrole nitrogens is 1. The van der Waals surface area contributed by atoms with Crippen molar-refractivity contribution in [3.63, 3.8) is 0 Å². The summed E-state index contributed by atoms with van der Waals surface area (Å²) in [5.74, 6) is 0.455. The van der Waals surface area contributed by atoms with Crippen LogP contribution < -0.4 is 5.32 Å². The number of thiophene rings is 1. The highest BCUT2D eigenvalue weighted by Gasteiger charge is 2.31. The first-order valence-electron chi connectivity index (χ1n) is 8.80. The third-order valence-corrected chi connectivity index (χ3v) is 5.74. The fourth-order valence-corrected chi connectivity index (χ4v) is 4.33. The smallest absolute Gasteiger partial charge is 0.266 e. The van der Waals surface area contributed by atoms with E-state index in [4.69, 9.17) is 0 Å². The maximum atomic E-state index is 12.8. The summed E-state index contributed by atoms with van der Waals surface area (Å²) in [6.45, 7) is 0.740. The molecule has 27 heavy (non-hydrogen) atoms. The molecule has 3 aromatic rings. The number of carbonyl (C=O) groups excluding carboxylic acids is 2. The fourth-order valence-electron chi connectivity index (χ4n) is 3.28. The lowest BCUT2D eigenvalue weighted by Gasteiger charge is -2.23. The zero-order chi connectivity index (χ0) is 18.6. The monoisotopic (exact) mass is 381 g/mol. The van der Waals surface area contributed by atoms with Gasteiger partial charge in [0.2, 0.25) is 5.91 Å². The average molecular weight is 381 g/mol. The molecule has 2 N–H and O–H groups in total. The summed E-state index contributed by atoms with van der Waals surface area (Å²) >= 11 is 1.43. The van der Waals surface area contributed by atoms with Crippen molar-refractivity contribution in [2.45, 2.75) is 25.3 Å². The molecule has 0 aromatic carbocycles. The number of likely N-dealkylation sites (tertiary alicyclic amines) is 1. The number of carbonyl (C=O) groups is 2. The van der Waals surface area contributed by atoms with Gasteiger partial charge in [-0.2, -0.15) is 5.10 Å². The molecule has 3 aromatic heterocycles. The SMILES string of the molecule is O=C(Nc1ccn[nH]1)c1ccc([C@H]2CCCN2C(=O)Cc2ccccn2)s1. The Balaban J connectivity index is 1.45. The molecule has 0 unspecified atom stereocenters. The second-order valence-electron chi connectivity index (χ2n) is 6.37. The van der Waals surface area contributed by atoms with Crippen LogP contribution >= 0.6 is 11.3 Å². The van der Waals surface area contributed by atoms with E-state index in [2.05, 4.69) is 20.5 Å². The minimum atomic E-state index is -0.181. The highest BCUT2D eigenvalue weighted by Crippen LogP contribution is 2.36. The maximum absolute atomic E-state index is 12.8. The van der Waals surface area contributed by atoms with Crippen LogP contribution in [-0.2, 0) is 11.2 Å². The number of hydrogen-bond acceptors (Lipinski definition) is 5. The average Bonchev–Trinajstić information content (AvgIpc) is 3.43. The van der Waals surface area contributed by atoms with E-state index in [9.17, 15) is 9.59 Å². The van der Waals surface area contributed by atoms with Crippen molar-refractivity contribution in [1.29, 1.82) is 0 Å². The van der Waals surface area contributed by atoms with Crippen molar-refractivity contribution in [2.24, 2.45) is 0 Å². The van der Waals surface area contributed by atoms with Gasteiger partial charge in [-0.05, 0) is 37.1 Å². The second kappa shape index (κ2) is 7.71. The molecule has 1 fully saturated rings. The minimum absolute atomic E-state index is 0.0277. The van der Waals surface area contributed by atoms with E-state index < -0.39 is 0 Å². The molecule has 4 heterocycles. The van der Waals surface area contributed by atoms with Crippen LogP contribution in [0.4, 0.5) is 5.82 Å². The van der Waals surface area contributed by atoms with Gasteiger partial charge in [0.25, 0.3) is 5.91 Å². The van der Waals surface area contributed by atoms with E-state index in [1.807, 2.05) is 35.2 Å². The lowest BCUT2D eigenvalue weighted by Crippen LogP contribution is -2.31. The molecule has 8 heteroatoms. The van der Waals surface area contributed by atoms with Gasteiger partial charge in [-0.25, -0.2) is 0 Å². The van der Waals surface area contributed by atoms with E-state index >= 15 is 0 Å². The van der Waals surface area contributed by atoms with E-state index in [-0.39, 0.29) is 17.9 Å². The van der Waals surface area contributed by atoms with Gasteiger partial charge in [0.15, 0.2) is 0 Å². The van der Waals surface area contributed by atoms with Gasteiger partial charge in [-0.3, -0.25) is 19.7 Å². The summed E-state index contributed by atoms with van der Waals surface area (Å²) < 4.78 is 0. The molecular weight excluding hydrogens is 362 g/mol. The number of aromatic nitrogens is 3. The van der Waals surface area contributed by atoms with Crippen molar-refractivity contribution in [1.82, 2.24) is 20.1 Å². The zero-order valence-corrected chi connectivity index (χ0v) is 15.4. The van der Waals surface area contributed by atoms with Crippen LogP contribution in [0.5, 0.6) is 0 Å². The Morgan fingerprint density at radius 3 is 2.93 bits per heavy atom. The van der Waals surface area contributed by atoms with Gasteiger partial charge in [-0.1, -0.05) is 6.07 Å². The first kappa shape index (κ1) is 17.4. The molecule has 0 bridgehead atoms. The van der Waals surface area contributed by atoms with E-state index in [1.165, 1.54) is 11.3 Å². The number of hydrogen-bond donors (Lipinski definition) is 2. The van der Waals surface area contributed by atoms with Crippen molar-refractivity contribution in [3.8, 4) is 0 Å². The van der Waals surface area contributed by atoms with Crippen molar-refractivity contribution in [3.05, 3.63) is 64.2 Å².